The third-order valence-corrected chi connectivity index (χ3v) is 3.98. The van der Waals surface area contributed by atoms with E-state index in [4.69, 9.17) is 4.42 Å². The standard InChI is InChI=1S/C17H25N3O3/c1-4-19(11-14(2)3)16(21)12-18-6-8-20(9-7-18)17(22)15-5-10-23-13-15/h5,10,13H,2,4,6-9,11-12H2,1,3H3. The van der Waals surface area contributed by atoms with Crippen LogP contribution in [-0.4, -0.2) is 72.3 Å². The second-order valence-corrected chi connectivity index (χ2v) is 5.95. The zero-order valence-electron chi connectivity index (χ0n) is 14.0. The Labute approximate surface area is 137 Å². The van der Waals surface area contributed by atoms with Crippen LogP contribution in [0.25, 0.3) is 0 Å². The minimum absolute atomic E-state index is 0.0119. The number of hydrogen-bond acceptors (Lipinski definition) is 4. The molecule has 23 heavy (non-hydrogen) atoms. The van der Waals surface area contributed by atoms with Crippen molar-refractivity contribution in [3.8, 4) is 0 Å². The van der Waals surface area contributed by atoms with Crippen LogP contribution in [0.2, 0.25) is 0 Å². The van der Waals surface area contributed by atoms with Gasteiger partial charge in [-0.15, -0.1) is 0 Å². The van der Waals surface area contributed by atoms with E-state index in [1.807, 2.05) is 18.7 Å². The van der Waals surface area contributed by atoms with Crippen molar-refractivity contribution >= 4 is 11.8 Å². The Bertz CT molecular complexity index is 545. The number of hydrogen-bond donors (Lipinski definition) is 0. The number of furan rings is 1. The summed E-state index contributed by atoms with van der Waals surface area (Å²) < 4.78 is 4.96. The largest absolute Gasteiger partial charge is 0.472 e. The third kappa shape index (κ3) is 4.69. The molecule has 0 radical (unpaired) electrons. The van der Waals surface area contributed by atoms with Gasteiger partial charge in [-0.2, -0.15) is 0 Å². The van der Waals surface area contributed by atoms with E-state index in [0.717, 1.165) is 5.57 Å². The lowest BCUT2D eigenvalue weighted by molar-refractivity contribution is -0.132. The molecule has 1 fully saturated rings. The van der Waals surface area contributed by atoms with Crippen molar-refractivity contribution in [2.24, 2.45) is 0 Å². The maximum atomic E-state index is 12.3. The van der Waals surface area contributed by atoms with Gasteiger partial charge in [0, 0.05) is 39.3 Å². The Hall–Kier alpha value is -2.08. The van der Waals surface area contributed by atoms with Crippen LogP contribution in [0, 0.1) is 0 Å². The second kappa shape index (κ2) is 7.97. The molecule has 0 bridgehead atoms. The molecular weight excluding hydrogens is 294 g/mol. The highest BCUT2D eigenvalue weighted by molar-refractivity contribution is 5.93. The van der Waals surface area contributed by atoms with Crippen LogP contribution in [0.5, 0.6) is 0 Å². The van der Waals surface area contributed by atoms with Crippen molar-refractivity contribution in [3.63, 3.8) is 0 Å². The van der Waals surface area contributed by atoms with Gasteiger partial charge in [-0.25, -0.2) is 0 Å². The lowest BCUT2D eigenvalue weighted by atomic mass is 10.2. The highest BCUT2D eigenvalue weighted by Crippen LogP contribution is 2.09. The summed E-state index contributed by atoms with van der Waals surface area (Å²) in [5.74, 6) is 0.104. The summed E-state index contributed by atoms with van der Waals surface area (Å²) in [7, 11) is 0. The van der Waals surface area contributed by atoms with E-state index in [9.17, 15) is 9.59 Å². The summed E-state index contributed by atoms with van der Waals surface area (Å²) >= 11 is 0. The van der Waals surface area contributed by atoms with Gasteiger partial charge in [-0.1, -0.05) is 12.2 Å². The lowest BCUT2D eigenvalue weighted by Gasteiger charge is -2.35. The van der Waals surface area contributed by atoms with Crippen LogP contribution in [0.3, 0.4) is 0 Å². The highest BCUT2D eigenvalue weighted by Gasteiger charge is 2.24. The van der Waals surface area contributed by atoms with E-state index < -0.39 is 0 Å². The average Bonchev–Trinajstić information content (AvgIpc) is 3.06. The van der Waals surface area contributed by atoms with Gasteiger partial charge in [-0.3, -0.25) is 14.5 Å². The fourth-order valence-electron chi connectivity index (χ4n) is 2.67. The van der Waals surface area contributed by atoms with E-state index in [0.29, 0.717) is 51.4 Å². The van der Waals surface area contributed by atoms with Gasteiger partial charge in [0.2, 0.25) is 5.91 Å². The molecule has 2 rings (SSSR count). The third-order valence-electron chi connectivity index (χ3n) is 3.98. The first-order valence-corrected chi connectivity index (χ1v) is 7.97. The molecular formula is C17H25N3O3. The normalized spacial score (nSPS) is 15.5. The number of nitrogens with zero attached hydrogens (tertiary/aromatic N) is 3. The molecule has 6 nitrogen and oxygen atoms in total. The molecule has 126 valence electrons. The zero-order chi connectivity index (χ0) is 16.8. The van der Waals surface area contributed by atoms with Crippen molar-refractivity contribution in [2.75, 3.05) is 45.8 Å². The van der Waals surface area contributed by atoms with E-state index in [1.54, 1.807) is 11.0 Å². The molecule has 0 atom stereocenters. The van der Waals surface area contributed by atoms with E-state index in [1.165, 1.54) is 12.5 Å². The molecule has 2 amide bonds. The van der Waals surface area contributed by atoms with Crippen molar-refractivity contribution in [1.82, 2.24) is 14.7 Å². The molecule has 0 spiro atoms. The van der Waals surface area contributed by atoms with Gasteiger partial charge >= 0.3 is 0 Å². The molecule has 1 aliphatic rings. The number of piperazine rings is 1. The second-order valence-electron chi connectivity index (χ2n) is 5.95. The van der Waals surface area contributed by atoms with Crippen molar-refractivity contribution in [3.05, 3.63) is 36.3 Å². The summed E-state index contributed by atoms with van der Waals surface area (Å²) in [5, 5.41) is 0. The Morgan fingerprint density at radius 1 is 1.30 bits per heavy atom. The molecule has 1 saturated heterocycles. The maximum Gasteiger partial charge on any atom is 0.257 e. The number of rotatable bonds is 6. The SMILES string of the molecule is C=C(C)CN(CC)C(=O)CN1CCN(C(=O)c2ccoc2)CC1. The monoisotopic (exact) mass is 319 g/mol. The van der Waals surface area contributed by atoms with Gasteiger partial charge < -0.3 is 14.2 Å². The predicted molar refractivity (Wildman–Crippen MR) is 88.1 cm³/mol. The first kappa shape index (κ1) is 17.3. The summed E-state index contributed by atoms with van der Waals surface area (Å²) in [6, 6.07) is 1.68. The van der Waals surface area contributed by atoms with Crippen LogP contribution < -0.4 is 0 Å². The van der Waals surface area contributed by atoms with E-state index in [-0.39, 0.29) is 11.8 Å². The number of amides is 2. The minimum Gasteiger partial charge on any atom is -0.472 e. The quantitative estimate of drug-likeness (QED) is 0.745. The van der Waals surface area contributed by atoms with Gasteiger partial charge in [0.15, 0.2) is 0 Å². The fraction of sp³-hybridized carbons (Fsp3) is 0.529. The molecule has 2 heterocycles. The minimum atomic E-state index is -0.0119. The predicted octanol–water partition coefficient (Wildman–Crippen LogP) is 1.46. The van der Waals surface area contributed by atoms with Gasteiger partial charge in [-0.05, 0) is 19.9 Å². The Morgan fingerprint density at radius 2 is 2.00 bits per heavy atom. The van der Waals surface area contributed by atoms with E-state index in [2.05, 4.69) is 11.5 Å². The maximum absolute atomic E-state index is 12.3. The zero-order valence-corrected chi connectivity index (χ0v) is 14.0. The number of likely N-dealkylation sites (N-methyl/N-ethyl adjacent to an activating group) is 1. The number of carbonyl (C=O) groups excluding carboxylic acids is 2. The fourth-order valence-corrected chi connectivity index (χ4v) is 2.67. The van der Waals surface area contributed by atoms with Crippen LogP contribution in [-0.2, 0) is 4.79 Å². The molecule has 1 aliphatic heterocycles. The van der Waals surface area contributed by atoms with Crippen LogP contribution in [0.15, 0.2) is 35.2 Å². The van der Waals surface area contributed by atoms with E-state index >= 15 is 0 Å². The van der Waals surface area contributed by atoms with Gasteiger partial charge in [0.05, 0.1) is 18.4 Å². The molecule has 0 saturated carbocycles. The molecule has 6 heteroatoms. The van der Waals surface area contributed by atoms with Crippen LogP contribution in [0.1, 0.15) is 24.2 Å². The first-order chi connectivity index (χ1) is 11.0. The number of carbonyl (C=O) groups is 2. The highest BCUT2D eigenvalue weighted by atomic mass is 16.3. The van der Waals surface area contributed by atoms with Crippen LogP contribution in [0.4, 0.5) is 0 Å². The molecule has 0 aliphatic carbocycles. The van der Waals surface area contributed by atoms with Crippen LogP contribution >= 0.6 is 0 Å². The summed E-state index contributed by atoms with van der Waals surface area (Å²) in [4.78, 5) is 30.3. The lowest BCUT2D eigenvalue weighted by Crippen LogP contribution is -2.51. The molecule has 0 N–H and O–H groups in total. The Morgan fingerprint density at radius 3 is 2.52 bits per heavy atom. The Kier molecular flexibility index (Phi) is 5.98. The average molecular weight is 319 g/mol. The summed E-state index contributed by atoms with van der Waals surface area (Å²) in [6.45, 7) is 12.1. The summed E-state index contributed by atoms with van der Waals surface area (Å²) in [6.07, 6.45) is 2.97. The van der Waals surface area contributed by atoms with Crippen molar-refractivity contribution < 1.29 is 14.0 Å². The molecule has 0 aromatic carbocycles. The first-order valence-electron chi connectivity index (χ1n) is 7.97. The van der Waals surface area contributed by atoms with Crippen molar-refractivity contribution in [2.45, 2.75) is 13.8 Å². The van der Waals surface area contributed by atoms with Crippen molar-refractivity contribution in [1.29, 1.82) is 0 Å². The Balaban J connectivity index is 1.81. The summed E-state index contributed by atoms with van der Waals surface area (Å²) in [5.41, 5.74) is 1.56. The van der Waals surface area contributed by atoms with Gasteiger partial charge in [0.25, 0.3) is 5.91 Å². The smallest absolute Gasteiger partial charge is 0.257 e. The molecule has 1 aromatic heterocycles. The van der Waals surface area contributed by atoms with Gasteiger partial charge in [0.1, 0.15) is 6.26 Å². The topological polar surface area (TPSA) is 57.0 Å². The molecule has 1 aromatic rings. The molecule has 0 unspecified atom stereocenters.